The number of amidine groups is 1. The molecule has 0 fully saturated rings. The molecular formula is C24H18Cl2FN3O. The van der Waals surface area contributed by atoms with Crippen LogP contribution in [-0.4, -0.2) is 25.8 Å². The number of carbonyl (C=O) groups is 1. The number of amides is 1. The molecule has 0 atom stereocenters. The molecule has 1 amide bonds. The van der Waals surface area contributed by atoms with Crippen molar-refractivity contribution in [2.45, 2.75) is 0 Å². The van der Waals surface area contributed by atoms with Crippen LogP contribution in [0.15, 0.2) is 77.4 Å². The highest BCUT2D eigenvalue weighted by Gasteiger charge is 2.35. The van der Waals surface area contributed by atoms with E-state index in [0.717, 1.165) is 11.3 Å². The minimum absolute atomic E-state index is 0.156. The van der Waals surface area contributed by atoms with E-state index in [1.807, 2.05) is 43.3 Å². The molecule has 0 radical (unpaired) electrons. The Morgan fingerprint density at radius 2 is 1.71 bits per heavy atom. The number of hydrogen-bond acceptors (Lipinski definition) is 3. The van der Waals surface area contributed by atoms with E-state index < -0.39 is 11.7 Å². The van der Waals surface area contributed by atoms with Gasteiger partial charge in [-0.25, -0.2) is 9.38 Å². The summed E-state index contributed by atoms with van der Waals surface area (Å²) in [7, 11) is 3.90. The molecule has 31 heavy (non-hydrogen) atoms. The highest BCUT2D eigenvalue weighted by atomic mass is 35.5. The summed E-state index contributed by atoms with van der Waals surface area (Å²) in [6.07, 6.45) is 1.67. The van der Waals surface area contributed by atoms with Crippen molar-refractivity contribution in [1.82, 2.24) is 0 Å². The molecule has 4 nitrogen and oxygen atoms in total. The van der Waals surface area contributed by atoms with Crippen LogP contribution in [0.5, 0.6) is 0 Å². The minimum atomic E-state index is -0.492. The summed E-state index contributed by atoms with van der Waals surface area (Å²) in [5, 5.41) is 0.704. The van der Waals surface area contributed by atoms with Gasteiger partial charge in [-0.1, -0.05) is 47.5 Å². The van der Waals surface area contributed by atoms with E-state index in [0.29, 0.717) is 15.7 Å². The summed E-state index contributed by atoms with van der Waals surface area (Å²) in [5.74, 6) is -0.753. The molecule has 3 aromatic rings. The van der Waals surface area contributed by atoms with E-state index in [1.54, 1.807) is 42.5 Å². The van der Waals surface area contributed by atoms with E-state index in [2.05, 4.69) is 4.99 Å². The predicted molar refractivity (Wildman–Crippen MR) is 126 cm³/mol. The number of nitrogens with zero attached hydrogens (tertiary/aromatic N) is 3. The Balaban J connectivity index is 1.84. The third kappa shape index (κ3) is 4.20. The zero-order valence-corrected chi connectivity index (χ0v) is 18.3. The molecule has 0 saturated heterocycles. The normalized spacial score (nSPS) is 14.9. The van der Waals surface area contributed by atoms with Gasteiger partial charge in [-0.2, -0.15) is 0 Å². The average Bonchev–Trinajstić information content (AvgIpc) is 3.06. The summed E-state index contributed by atoms with van der Waals surface area (Å²) < 4.78 is 14.6. The molecule has 0 aliphatic carbocycles. The van der Waals surface area contributed by atoms with Crippen molar-refractivity contribution in [3.63, 3.8) is 0 Å². The van der Waals surface area contributed by atoms with Crippen LogP contribution in [0.3, 0.4) is 0 Å². The molecule has 0 bridgehead atoms. The smallest absolute Gasteiger partial charge is 0.282 e. The van der Waals surface area contributed by atoms with Crippen molar-refractivity contribution in [2.75, 3.05) is 23.9 Å². The molecule has 1 aliphatic heterocycles. The number of benzene rings is 3. The molecule has 0 saturated carbocycles. The molecule has 156 valence electrons. The van der Waals surface area contributed by atoms with Crippen molar-refractivity contribution in [3.8, 4) is 0 Å². The zero-order chi connectivity index (χ0) is 22.1. The van der Waals surface area contributed by atoms with Crippen LogP contribution >= 0.6 is 23.2 Å². The first kappa shape index (κ1) is 21.1. The van der Waals surface area contributed by atoms with Crippen LogP contribution in [0.4, 0.5) is 15.8 Å². The number of carbonyl (C=O) groups excluding carboxylic acids is 1. The van der Waals surface area contributed by atoms with E-state index in [9.17, 15) is 9.18 Å². The van der Waals surface area contributed by atoms with Crippen LogP contribution < -0.4 is 9.80 Å². The van der Waals surface area contributed by atoms with Gasteiger partial charge in [-0.3, -0.25) is 9.69 Å². The summed E-state index contributed by atoms with van der Waals surface area (Å²) in [6, 6.07) is 18.6. The van der Waals surface area contributed by atoms with Crippen molar-refractivity contribution >= 4 is 52.4 Å². The fourth-order valence-corrected chi connectivity index (χ4v) is 3.62. The molecule has 0 unspecified atom stereocenters. The number of hydrogen-bond donors (Lipinski definition) is 0. The lowest BCUT2D eigenvalue weighted by Crippen LogP contribution is -2.33. The van der Waals surface area contributed by atoms with Crippen molar-refractivity contribution in [2.24, 2.45) is 4.99 Å². The number of aliphatic imine (C=N–C) groups is 1. The third-order valence-corrected chi connectivity index (χ3v) is 5.39. The Labute approximate surface area is 189 Å². The minimum Gasteiger partial charge on any atom is -0.378 e. The Morgan fingerprint density at radius 3 is 2.39 bits per heavy atom. The highest BCUT2D eigenvalue weighted by Crippen LogP contribution is 2.35. The van der Waals surface area contributed by atoms with Crippen LogP contribution in [0.2, 0.25) is 10.0 Å². The SMILES string of the molecule is CN(C)c1ccc(/C=C2\N=C(c3ccccc3F)N(c3cc(Cl)ccc3Cl)C2=O)cc1. The first-order chi connectivity index (χ1) is 14.8. The van der Waals surface area contributed by atoms with Gasteiger partial charge in [0.1, 0.15) is 11.5 Å². The molecule has 0 aromatic heterocycles. The Bertz CT molecular complexity index is 1220. The second-order valence-corrected chi connectivity index (χ2v) is 8.01. The van der Waals surface area contributed by atoms with Gasteiger partial charge >= 0.3 is 0 Å². The number of anilines is 2. The fourth-order valence-electron chi connectivity index (χ4n) is 3.25. The molecule has 4 rings (SSSR count). The maximum atomic E-state index is 14.6. The molecule has 0 spiro atoms. The first-order valence-electron chi connectivity index (χ1n) is 9.47. The molecule has 3 aromatic carbocycles. The molecule has 0 N–H and O–H groups in total. The van der Waals surface area contributed by atoms with E-state index >= 15 is 0 Å². The van der Waals surface area contributed by atoms with Gasteiger partial charge < -0.3 is 4.90 Å². The maximum absolute atomic E-state index is 14.6. The zero-order valence-electron chi connectivity index (χ0n) is 16.8. The van der Waals surface area contributed by atoms with Crippen molar-refractivity contribution in [1.29, 1.82) is 0 Å². The number of rotatable bonds is 4. The van der Waals surface area contributed by atoms with Gasteiger partial charge in [0.05, 0.1) is 16.3 Å². The fraction of sp³-hybridized carbons (Fsp3) is 0.0833. The topological polar surface area (TPSA) is 35.9 Å². The maximum Gasteiger partial charge on any atom is 0.282 e. The summed E-state index contributed by atoms with van der Waals surface area (Å²) in [6.45, 7) is 0. The highest BCUT2D eigenvalue weighted by molar-refractivity contribution is 6.40. The van der Waals surface area contributed by atoms with E-state index in [-0.39, 0.29) is 17.1 Å². The van der Waals surface area contributed by atoms with Crippen LogP contribution in [-0.2, 0) is 4.79 Å². The second-order valence-electron chi connectivity index (χ2n) is 7.17. The number of halogens is 3. The second kappa shape index (κ2) is 8.53. The summed E-state index contributed by atoms with van der Waals surface area (Å²) >= 11 is 12.5. The van der Waals surface area contributed by atoms with Gasteiger partial charge in [0, 0.05) is 24.8 Å². The summed E-state index contributed by atoms with van der Waals surface area (Å²) in [4.78, 5) is 21.1. The Kier molecular flexibility index (Phi) is 5.81. The van der Waals surface area contributed by atoms with Crippen molar-refractivity contribution < 1.29 is 9.18 Å². The first-order valence-corrected chi connectivity index (χ1v) is 10.2. The molecule has 7 heteroatoms. The molecule has 1 heterocycles. The Hall–Kier alpha value is -3.15. The quantitative estimate of drug-likeness (QED) is 0.451. The standard InChI is InChI=1S/C24H18Cl2FN3O/c1-29(2)17-10-7-15(8-11-17)13-21-24(31)30(22-14-16(25)9-12-19(22)26)23(28-21)18-5-3-4-6-20(18)27/h3-14H,1-2H3/b21-13-. The van der Waals surface area contributed by atoms with Gasteiger partial charge in [0.25, 0.3) is 5.91 Å². The van der Waals surface area contributed by atoms with Crippen molar-refractivity contribution in [3.05, 3.63) is 99.4 Å². The predicted octanol–water partition coefficient (Wildman–Crippen LogP) is 6.03. The van der Waals surface area contributed by atoms with Crippen LogP contribution in [0, 0.1) is 5.82 Å². The molecule has 1 aliphatic rings. The van der Waals surface area contributed by atoms with Crippen LogP contribution in [0.25, 0.3) is 6.08 Å². The van der Waals surface area contributed by atoms with Gasteiger partial charge in [-0.05, 0) is 54.1 Å². The largest absolute Gasteiger partial charge is 0.378 e. The average molecular weight is 454 g/mol. The summed E-state index contributed by atoms with van der Waals surface area (Å²) in [5.41, 5.74) is 2.53. The van der Waals surface area contributed by atoms with Gasteiger partial charge in [0.2, 0.25) is 0 Å². The van der Waals surface area contributed by atoms with E-state index in [4.69, 9.17) is 23.2 Å². The Morgan fingerprint density at radius 1 is 1.00 bits per heavy atom. The lowest BCUT2D eigenvalue weighted by atomic mass is 10.1. The van der Waals surface area contributed by atoms with Gasteiger partial charge in [-0.15, -0.1) is 0 Å². The lowest BCUT2D eigenvalue weighted by Gasteiger charge is -2.20. The molecular weight excluding hydrogens is 436 g/mol. The van der Waals surface area contributed by atoms with Gasteiger partial charge in [0.15, 0.2) is 5.84 Å². The lowest BCUT2D eigenvalue weighted by molar-refractivity contribution is -0.113. The monoisotopic (exact) mass is 453 g/mol. The third-order valence-electron chi connectivity index (χ3n) is 4.84. The van der Waals surface area contributed by atoms with Crippen LogP contribution in [0.1, 0.15) is 11.1 Å². The van der Waals surface area contributed by atoms with E-state index in [1.165, 1.54) is 11.0 Å².